The maximum Gasteiger partial charge on any atom is 0.505 e. The Kier molecular flexibility index (Phi) is 4.32. The van der Waals surface area contributed by atoms with Crippen molar-refractivity contribution in [1.29, 1.82) is 0 Å². The van der Waals surface area contributed by atoms with Gasteiger partial charge in [-0.3, -0.25) is 0 Å². The highest BCUT2D eigenvalue weighted by Gasteiger charge is 2.23. The van der Waals surface area contributed by atoms with Gasteiger partial charge in [0.05, 0.1) is 6.61 Å². The molecule has 1 heterocycles. The number of carbonyl (C=O) groups is 1. The molecule has 1 saturated heterocycles. The van der Waals surface area contributed by atoms with Crippen molar-refractivity contribution in [3.63, 3.8) is 0 Å². The molecule has 1 aliphatic rings. The Labute approximate surface area is 59.1 Å². The minimum Gasteiger partial charge on any atom is -0.450 e. The van der Waals surface area contributed by atoms with Gasteiger partial charge in [-0.25, -0.2) is 4.79 Å². The lowest BCUT2D eigenvalue weighted by atomic mass is 10.5. The van der Waals surface area contributed by atoms with E-state index in [1.54, 1.807) is 0 Å². The summed E-state index contributed by atoms with van der Waals surface area (Å²) in [5.41, 5.74) is 0. The molecule has 0 aromatic rings. The summed E-state index contributed by atoms with van der Waals surface area (Å²) in [6, 6.07) is 0. The lowest BCUT2D eigenvalue weighted by Gasteiger charge is -1.91. The maximum atomic E-state index is 9.65. The largest absolute Gasteiger partial charge is 0.505 e. The summed E-state index contributed by atoms with van der Waals surface area (Å²) in [7, 11) is 0. The van der Waals surface area contributed by atoms with Crippen molar-refractivity contribution in [2.45, 2.75) is 6.10 Å². The predicted octanol–water partition coefficient (Wildman–Crippen LogP) is 0.882. The summed E-state index contributed by atoms with van der Waals surface area (Å²) in [6.07, 6.45) is -1.20. The summed E-state index contributed by atoms with van der Waals surface area (Å²) in [5.74, 6) is 0. The molecular weight excluding hydrogens is 136 g/mol. The number of hydrogen-bond acceptors (Lipinski definition) is 3. The van der Waals surface area contributed by atoms with Crippen LogP contribution in [0.4, 0.5) is 4.79 Å². The smallest absolute Gasteiger partial charge is 0.450 e. The maximum absolute atomic E-state index is 9.65. The van der Waals surface area contributed by atoms with Gasteiger partial charge in [0.15, 0.2) is 0 Å². The van der Waals surface area contributed by atoms with Crippen LogP contribution in [-0.4, -0.2) is 30.6 Å². The van der Waals surface area contributed by atoms with Crippen LogP contribution in [0.25, 0.3) is 0 Å². The van der Waals surface area contributed by atoms with E-state index in [9.17, 15) is 4.79 Å². The average molecular weight is 146 g/mol. The Bertz CT molecular complexity index is 108. The molecule has 1 unspecified atom stereocenters. The lowest BCUT2D eigenvalue weighted by Crippen LogP contribution is -2.06. The topological polar surface area (TPSA) is 59.1 Å². The number of hydrogen-bond donors (Lipinski definition) is 1. The number of carboxylic acid groups (broad SMARTS) is 1. The van der Waals surface area contributed by atoms with Crippen LogP contribution in [0.1, 0.15) is 0 Å². The van der Waals surface area contributed by atoms with Crippen molar-refractivity contribution >= 4 is 6.16 Å². The molecule has 4 nitrogen and oxygen atoms in total. The zero-order chi connectivity index (χ0) is 7.98. The van der Waals surface area contributed by atoms with Crippen molar-refractivity contribution in [3.05, 3.63) is 13.2 Å². The van der Waals surface area contributed by atoms with Crippen molar-refractivity contribution in [1.82, 2.24) is 0 Å². The second-order valence-corrected chi connectivity index (χ2v) is 1.53. The predicted molar refractivity (Wildman–Crippen MR) is 35.0 cm³/mol. The van der Waals surface area contributed by atoms with E-state index in [2.05, 4.69) is 22.6 Å². The first-order valence-electron chi connectivity index (χ1n) is 2.76. The van der Waals surface area contributed by atoms with Gasteiger partial charge in [-0.2, -0.15) is 0 Å². The molecule has 1 rings (SSSR count). The average Bonchev–Trinajstić information content (AvgIpc) is 2.70. The molecule has 1 fully saturated rings. The number of epoxide rings is 1. The van der Waals surface area contributed by atoms with Crippen LogP contribution in [-0.2, 0) is 9.47 Å². The van der Waals surface area contributed by atoms with Gasteiger partial charge < -0.3 is 14.6 Å². The molecule has 1 atom stereocenters. The molecule has 0 aromatic heterocycles. The normalized spacial score (nSPS) is 20.2. The second kappa shape index (κ2) is 4.81. The van der Waals surface area contributed by atoms with Crippen molar-refractivity contribution in [2.75, 3.05) is 13.2 Å². The third kappa shape index (κ3) is 5.11. The molecule has 0 aromatic carbocycles. The minimum absolute atomic E-state index is 0.0334. The highest BCUT2D eigenvalue weighted by molar-refractivity contribution is 5.56. The zero-order valence-corrected chi connectivity index (χ0v) is 5.58. The van der Waals surface area contributed by atoms with Crippen molar-refractivity contribution < 1.29 is 19.4 Å². The fourth-order valence-electron chi connectivity index (χ4n) is 0.329. The van der Waals surface area contributed by atoms with Crippen LogP contribution in [0.5, 0.6) is 0 Å². The van der Waals surface area contributed by atoms with Gasteiger partial charge in [-0.15, -0.1) is 13.2 Å². The van der Waals surface area contributed by atoms with E-state index in [4.69, 9.17) is 5.11 Å². The summed E-state index contributed by atoms with van der Waals surface area (Å²) < 4.78 is 8.83. The van der Waals surface area contributed by atoms with E-state index >= 15 is 0 Å². The molecule has 0 bridgehead atoms. The lowest BCUT2D eigenvalue weighted by molar-refractivity contribution is 0.0848. The molecule has 0 saturated carbocycles. The van der Waals surface area contributed by atoms with E-state index in [1.165, 1.54) is 0 Å². The Morgan fingerprint density at radius 3 is 2.60 bits per heavy atom. The van der Waals surface area contributed by atoms with Crippen LogP contribution in [0.3, 0.4) is 0 Å². The molecule has 4 heteroatoms. The van der Waals surface area contributed by atoms with Gasteiger partial charge in [0.25, 0.3) is 0 Å². The quantitative estimate of drug-likeness (QED) is 0.357. The summed E-state index contributed by atoms with van der Waals surface area (Å²) in [4.78, 5) is 9.65. The molecule has 0 amide bonds. The van der Waals surface area contributed by atoms with E-state index in [1.807, 2.05) is 0 Å². The van der Waals surface area contributed by atoms with Gasteiger partial charge >= 0.3 is 6.16 Å². The Hall–Kier alpha value is -1.03. The van der Waals surface area contributed by atoms with Gasteiger partial charge in [0.2, 0.25) is 0 Å². The highest BCUT2D eigenvalue weighted by atomic mass is 16.7. The van der Waals surface area contributed by atoms with Crippen LogP contribution < -0.4 is 0 Å². The fourth-order valence-corrected chi connectivity index (χ4v) is 0.329. The first-order valence-corrected chi connectivity index (χ1v) is 2.76. The fraction of sp³-hybridized carbons (Fsp3) is 0.500. The van der Waals surface area contributed by atoms with E-state index in [0.717, 1.165) is 0 Å². The first-order chi connectivity index (χ1) is 4.79. The molecular formula is C6H10O4. The molecule has 1 N–H and O–H groups in total. The van der Waals surface area contributed by atoms with Crippen LogP contribution in [0.15, 0.2) is 13.2 Å². The highest BCUT2D eigenvalue weighted by Crippen LogP contribution is 2.07. The van der Waals surface area contributed by atoms with E-state index in [0.29, 0.717) is 6.61 Å². The van der Waals surface area contributed by atoms with Crippen molar-refractivity contribution in [2.24, 2.45) is 0 Å². The Morgan fingerprint density at radius 1 is 1.80 bits per heavy atom. The second-order valence-electron chi connectivity index (χ2n) is 1.53. The summed E-state index contributed by atoms with van der Waals surface area (Å²) in [5, 5.41) is 7.91. The first kappa shape index (κ1) is 8.97. The number of ether oxygens (including phenoxy) is 2. The van der Waals surface area contributed by atoms with E-state index in [-0.39, 0.29) is 12.7 Å². The summed E-state index contributed by atoms with van der Waals surface area (Å²) in [6.45, 7) is 6.81. The monoisotopic (exact) mass is 146 g/mol. The molecule has 10 heavy (non-hydrogen) atoms. The zero-order valence-electron chi connectivity index (χ0n) is 5.58. The van der Waals surface area contributed by atoms with Gasteiger partial charge in [-0.1, -0.05) is 0 Å². The SMILES string of the molecule is C=C.O=C(O)OCC1CO1. The van der Waals surface area contributed by atoms with Gasteiger partial charge in [0, 0.05) is 0 Å². The number of rotatable bonds is 2. The molecule has 58 valence electrons. The van der Waals surface area contributed by atoms with Crippen LogP contribution >= 0.6 is 0 Å². The molecule has 1 aliphatic heterocycles. The minimum atomic E-state index is -1.24. The Morgan fingerprint density at radius 2 is 2.30 bits per heavy atom. The summed E-state index contributed by atoms with van der Waals surface area (Å²) >= 11 is 0. The van der Waals surface area contributed by atoms with Crippen LogP contribution in [0, 0.1) is 0 Å². The molecule has 0 aliphatic carbocycles. The molecule has 0 spiro atoms. The molecule has 0 radical (unpaired) electrons. The van der Waals surface area contributed by atoms with Gasteiger partial charge in [-0.05, 0) is 0 Å². The standard InChI is InChI=1S/C4H6O4.C2H4/c5-4(6)8-2-3-1-7-3;1-2/h3H,1-2H2,(H,5,6);1-2H2. The van der Waals surface area contributed by atoms with Crippen molar-refractivity contribution in [3.8, 4) is 0 Å². The van der Waals surface area contributed by atoms with E-state index < -0.39 is 6.16 Å². The van der Waals surface area contributed by atoms with Crippen LogP contribution in [0.2, 0.25) is 0 Å². The third-order valence-corrected chi connectivity index (χ3v) is 0.795. The van der Waals surface area contributed by atoms with Gasteiger partial charge in [0.1, 0.15) is 12.7 Å². The Balaban J connectivity index is 0.000000371. The third-order valence-electron chi connectivity index (χ3n) is 0.795.